The van der Waals surface area contributed by atoms with Crippen molar-refractivity contribution in [3.63, 3.8) is 0 Å². The molecule has 1 saturated heterocycles. The number of hydrogen-bond donors (Lipinski definition) is 2. The van der Waals surface area contributed by atoms with Crippen LogP contribution in [0.1, 0.15) is 25.7 Å². The number of rotatable bonds is 1. The second kappa shape index (κ2) is 2.21. The topological polar surface area (TPSA) is 49.3 Å². The van der Waals surface area contributed by atoms with Gasteiger partial charge in [-0.3, -0.25) is 4.79 Å². The summed E-state index contributed by atoms with van der Waals surface area (Å²) in [6, 6.07) is 0. The van der Waals surface area contributed by atoms with Crippen LogP contribution >= 0.6 is 0 Å². The van der Waals surface area contributed by atoms with Crippen LogP contribution in [0.15, 0.2) is 0 Å². The Morgan fingerprint density at radius 3 is 2.55 bits per heavy atom. The Morgan fingerprint density at radius 1 is 1.55 bits per heavy atom. The summed E-state index contributed by atoms with van der Waals surface area (Å²) in [6.45, 7) is 1.08. The average molecular weight is 155 g/mol. The Balaban J connectivity index is 1.98. The van der Waals surface area contributed by atoms with Crippen LogP contribution in [0.5, 0.6) is 0 Å². The van der Waals surface area contributed by atoms with E-state index in [1.54, 1.807) is 0 Å². The molecule has 2 unspecified atom stereocenters. The Kier molecular flexibility index (Phi) is 1.42. The summed E-state index contributed by atoms with van der Waals surface area (Å²) >= 11 is 0. The van der Waals surface area contributed by atoms with Crippen molar-refractivity contribution in [2.24, 2.45) is 5.92 Å². The number of aliphatic carboxylic acids is 1. The summed E-state index contributed by atoms with van der Waals surface area (Å²) in [5, 5.41) is 12.1. The van der Waals surface area contributed by atoms with E-state index in [0.29, 0.717) is 0 Å². The first kappa shape index (κ1) is 7.10. The van der Waals surface area contributed by atoms with Gasteiger partial charge in [0.05, 0.1) is 5.92 Å². The standard InChI is InChI=1S/C8H13NO2/c10-7(11)6-1-2-8(5-6)3-4-9-8/h6,9H,1-5H2,(H,10,11). The van der Waals surface area contributed by atoms with Gasteiger partial charge in [-0.05, 0) is 32.2 Å². The minimum absolute atomic E-state index is 0.0807. The number of nitrogens with one attached hydrogen (secondary N) is 1. The number of carboxylic acids is 1. The third kappa shape index (κ3) is 1.03. The van der Waals surface area contributed by atoms with Gasteiger partial charge in [-0.2, -0.15) is 0 Å². The first-order valence-electron chi connectivity index (χ1n) is 4.20. The van der Waals surface area contributed by atoms with Crippen LogP contribution in [0.25, 0.3) is 0 Å². The van der Waals surface area contributed by atoms with Gasteiger partial charge < -0.3 is 10.4 Å². The molecular weight excluding hydrogens is 142 g/mol. The lowest BCUT2D eigenvalue weighted by atomic mass is 9.85. The van der Waals surface area contributed by atoms with Crippen LogP contribution in [-0.2, 0) is 4.79 Å². The molecule has 0 aromatic heterocycles. The highest BCUT2D eigenvalue weighted by Crippen LogP contribution is 2.40. The van der Waals surface area contributed by atoms with E-state index < -0.39 is 5.97 Å². The van der Waals surface area contributed by atoms with Crippen LogP contribution < -0.4 is 5.32 Å². The fraction of sp³-hybridized carbons (Fsp3) is 0.875. The molecule has 2 atom stereocenters. The molecule has 2 rings (SSSR count). The summed E-state index contributed by atoms with van der Waals surface area (Å²) in [7, 11) is 0. The maximum absolute atomic E-state index is 10.6. The SMILES string of the molecule is O=C(O)C1CCC2(CCN2)C1. The van der Waals surface area contributed by atoms with Crippen molar-refractivity contribution < 1.29 is 9.90 Å². The third-order valence-electron chi connectivity index (χ3n) is 3.06. The molecule has 3 nitrogen and oxygen atoms in total. The third-order valence-corrected chi connectivity index (χ3v) is 3.06. The van der Waals surface area contributed by atoms with Gasteiger partial charge in [-0.1, -0.05) is 0 Å². The Labute approximate surface area is 65.8 Å². The lowest BCUT2D eigenvalue weighted by Gasteiger charge is -2.40. The van der Waals surface area contributed by atoms with Crippen molar-refractivity contribution in [2.45, 2.75) is 31.2 Å². The zero-order chi connectivity index (χ0) is 7.90. The molecule has 1 heterocycles. The molecule has 1 saturated carbocycles. The van der Waals surface area contributed by atoms with Crippen LogP contribution in [0, 0.1) is 5.92 Å². The molecule has 0 aromatic carbocycles. The molecule has 0 radical (unpaired) electrons. The van der Waals surface area contributed by atoms with Gasteiger partial charge in [0, 0.05) is 5.54 Å². The predicted octanol–water partition coefficient (Wildman–Crippen LogP) is 0.603. The van der Waals surface area contributed by atoms with Gasteiger partial charge in [0.15, 0.2) is 0 Å². The molecule has 0 amide bonds. The van der Waals surface area contributed by atoms with E-state index in [1.165, 1.54) is 6.42 Å². The molecule has 2 fully saturated rings. The van der Waals surface area contributed by atoms with Crippen molar-refractivity contribution in [3.8, 4) is 0 Å². The van der Waals surface area contributed by atoms with Crippen LogP contribution in [-0.4, -0.2) is 23.2 Å². The van der Waals surface area contributed by atoms with Crippen LogP contribution in [0.3, 0.4) is 0 Å². The van der Waals surface area contributed by atoms with E-state index in [0.717, 1.165) is 25.8 Å². The van der Waals surface area contributed by atoms with Gasteiger partial charge in [0.2, 0.25) is 0 Å². The second-order valence-electron chi connectivity index (χ2n) is 3.74. The summed E-state index contributed by atoms with van der Waals surface area (Å²) in [5.74, 6) is -0.696. The lowest BCUT2D eigenvalue weighted by Crippen LogP contribution is -2.55. The molecular formula is C8H13NO2. The number of carbonyl (C=O) groups is 1. The highest BCUT2D eigenvalue weighted by molar-refractivity contribution is 5.70. The monoisotopic (exact) mass is 155 g/mol. The predicted molar refractivity (Wildman–Crippen MR) is 40.3 cm³/mol. The van der Waals surface area contributed by atoms with Crippen molar-refractivity contribution in [1.82, 2.24) is 5.32 Å². The fourth-order valence-electron chi connectivity index (χ4n) is 2.20. The Bertz CT molecular complexity index is 187. The molecule has 1 aliphatic heterocycles. The zero-order valence-electron chi connectivity index (χ0n) is 6.47. The minimum Gasteiger partial charge on any atom is -0.481 e. The molecule has 11 heavy (non-hydrogen) atoms. The molecule has 2 N–H and O–H groups in total. The summed E-state index contributed by atoms with van der Waals surface area (Å²) < 4.78 is 0. The van der Waals surface area contributed by atoms with E-state index in [9.17, 15) is 4.79 Å². The lowest BCUT2D eigenvalue weighted by molar-refractivity contribution is -0.141. The van der Waals surface area contributed by atoms with E-state index in [1.807, 2.05) is 0 Å². The van der Waals surface area contributed by atoms with Gasteiger partial charge in [-0.25, -0.2) is 0 Å². The summed E-state index contributed by atoms with van der Waals surface area (Å²) in [4.78, 5) is 10.6. The fourth-order valence-corrected chi connectivity index (χ4v) is 2.20. The Hall–Kier alpha value is -0.570. The van der Waals surface area contributed by atoms with Crippen molar-refractivity contribution in [2.75, 3.05) is 6.54 Å². The molecule has 1 spiro atoms. The first-order valence-corrected chi connectivity index (χ1v) is 4.20. The molecule has 62 valence electrons. The van der Waals surface area contributed by atoms with E-state index in [-0.39, 0.29) is 11.5 Å². The van der Waals surface area contributed by atoms with E-state index in [4.69, 9.17) is 5.11 Å². The van der Waals surface area contributed by atoms with E-state index in [2.05, 4.69) is 5.32 Å². The normalized spacial score (nSPS) is 42.4. The average Bonchev–Trinajstić information content (AvgIpc) is 2.28. The zero-order valence-corrected chi connectivity index (χ0v) is 6.47. The van der Waals surface area contributed by atoms with Gasteiger partial charge in [0.1, 0.15) is 0 Å². The molecule has 1 aliphatic carbocycles. The summed E-state index contributed by atoms with van der Waals surface area (Å²) in [5.41, 5.74) is 0.239. The highest BCUT2D eigenvalue weighted by Gasteiger charge is 2.45. The van der Waals surface area contributed by atoms with Crippen LogP contribution in [0.2, 0.25) is 0 Å². The first-order chi connectivity index (χ1) is 5.22. The van der Waals surface area contributed by atoms with Gasteiger partial charge >= 0.3 is 5.97 Å². The molecule has 0 bridgehead atoms. The number of carboxylic acid groups (broad SMARTS) is 1. The molecule has 0 aromatic rings. The van der Waals surface area contributed by atoms with Crippen molar-refractivity contribution in [1.29, 1.82) is 0 Å². The van der Waals surface area contributed by atoms with Crippen molar-refractivity contribution in [3.05, 3.63) is 0 Å². The Morgan fingerprint density at radius 2 is 2.27 bits per heavy atom. The van der Waals surface area contributed by atoms with Crippen molar-refractivity contribution >= 4 is 5.97 Å². The highest BCUT2D eigenvalue weighted by atomic mass is 16.4. The minimum atomic E-state index is -0.615. The summed E-state index contributed by atoms with van der Waals surface area (Å²) in [6.07, 6.45) is 3.95. The van der Waals surface area contributed by atoms with Gasteiger partial charge in [-0.15, -0.1) is 0 Å². The maximum atomic E-state index is 10.6. The number of hydrogen-bond acceptors (Lipinski definition) is 2. The quantitative estimate of drug-likeness (QED) is 0.583. The van der Waals surface area contributed by atoms with Gasteiger partial charge in [0.25, 0.3) is 0 Å². The molecule has 2 aliphatic rings. The second-order valence-corrected chi connectivity index (χ2v) is 3.74. The van der Waals surface area contributed by atoms with Crippen LogP contribution in [0.4, 0.5) is 0 Å². The smallest absolute Gasteiger partial charge is 0.306 e. The largest absolute Gasteiger partial charge is 0.481 e. The maximum Gasteiger partial charge on any atom is 0.306 e. The van der Waals surface area contributed by atoms with E-state index >= 15 is 0 Å². The molecule has 3 heteroatoms.